The quantitative estimate of drug-likeness (QED) is 0.901. The Labute approximate surface area is 112 Å². The SMILES string of the molecule is COc1c(Br)ccc(C)c1-c1n[nH]nc1C(N)=O. The van der Waals surface area contributed by atoms with Gasteiger partial charge in [-0.1, -0.05) is 6.07 Å². The van der Waals surface area contributed by atoms with E-state index in [1.807, 2.05) is 19.1 Å². The lowest BCUT2D eigenvalue weighted by Gasteiger charge is -2.11. The summed E-state index contributed by atoms with van der Waals surface area (Å²) in [5.41, 5.74) is 7.34. The van der Waals surface area contributed by atoms with Crippen molar-refractivity contribution in [2.45, 2.75) is 6.92 Å². The van der Waals surface area contributed by atoms with Crippen LogP contribution in [0, 0.1) is 6.92 Å². The largest absolute Gasteiger partial charge is 0.495 e. The van der Waals surface area contributed by atoms with Crippen LogP contribution in [0.3, 0.4) is 0 Å². The molecule has 0 aliphatic heterocycles. The number of primary amides is 1. The summed E-state index contributed by atoms with van der Waals surface area (Å²) in [6.07, 6.45) is 0. The van der Waals surface area contributed by atoms with Gasteiger partial charge in [-0.25, -0.2) is 0 Å². The Balaban J connectivity index is 2.74. The van der Waals surface area contributed by atoms with Crippen molar-refractivity contribution >= 4 is 21.8 Å². The molecular weight excluding hydrogens is 300 g/mol. The van der Waals surface area contributed by atoms with E-state index in [1.165, 1.54) is 0 Å². The highest BCUT2D eigenvalue weighted by molar-refractivity contribution is 9.10. The molecule has 7 heteroatoms. The number of carbonyl (C=O) groups is 1. The molecule has 3 N–H and O–H groups in total. The zero-order valence-electron chi connectivity index (χ0n) is 9.82. The molecule has 18 heavy (non-hydrogen) atoms. The molecule has 1 aromatic carbocycles. The van der Waals surface area contributed by atoms with Crippen LogP contribution in [0.5, 0.6) is 5.75 Å². The van der Waals surface area contributed by atoms with Crippen LogP contribution in [0.1, 0.15) is 16.1 Å². The lowest BCUT2D eigenvalue weighted by Crippen LogP contribution is -2.13. The van der Waals surface area contributed by atoms with Gasteiger partial charge in [-0.05, 0) is 34.5 Å². The average molecular weight is 311 g/mol. The molecule has 6 nitrogen and oxygen atoms in total. The summed E-state index contributed by atoms with van der Waals surface area (Å²) in [6.45, 7) is 1.89. The van der Waals surface area contributed by atoms with Crippen LogP contribution >= 0.6 is 15.9 Å². The van der Waals surface area contributed by atoms with Crippen molar-refractivity contribution in [3.8, 4) is 17.0 Å². The molecule has 0 unspecified atom stereocenters. The van der Waals surface area contributed by atoms with Crippen LogP contribution < -0.4 is 10.5 Å². The fourth-order valence-corrected chi connectivity index (χ4v) is 2.22. The van der Waals surface area contributed by atoms with Crippen molar-refractivity contribution in [2.75, 3.05) is 7.11 Å². The van der Waals surface area contributed by atoms with Crippen LogP contribution in [-0.4, -0.2) is 28.4 Å². The normalized spacial score (nSPS) is 10.4. The zero-order valence-corrected chi connectivity index (χ0v) is 11.4. The first-order chi connectivity index (χ1) is 8.56. The lowest BCUT2D eigenvalue weighted by atomic mass is 10.0. The number of nitrogens with zero attached hydrogens (tertiary/aromatic N) is 2. The van der Waals surface area contributed by atoms with Gasteiger partial charge in [0.2, 0.25) is 0 Å². The molecule has 0 atom stereocenters. The third-order valence-electron chi connectivity index (χ3n) is 2.54. The van der Waals surface area contributed by atoms with Gasteiger partial charge in [-0.2, -0.15) is 15.4 Å². The maximum Gasteiger partial charge on any atom is 0.271 e. The third kappa shape index (κ3) is 1.97. The second-order valence-electron chi connectivity index (χ2n) is 3.66. The Morgan fingerprint density at radius 2 is 2.17 bits per heavy atom. The number of carbonyl (C=O) groups excluding carboxylic acids is 1. The van der Waals surface area contributed by atoms with Crippen LogP contribution in [0.15, 0.2) is 16.6 Å². The molecule has 0 bridgehead atoms. The van der Waals surface area contributed by atoms with Gasteiger partial charge >= 0.3 is 0 Å². The minimum absolute atomic E-state index is 0.0921. The molecule has 0 aliphatic rings. The summed E-state index contributed by atoms with van der Waals surface area (Å²) in [4.78, 5) is 11.3. The second-order valence-corrected chi connectivity index (χ2v) is 4.51. The molecule has 0 spiro atoms. The van der Waals surface area contributed by atoms with Crippen molar-refractivity contribution in [3.05, 3.63) is 27.9 Å². The van der Waals surface area contributed by atoms with E-state index in [1.54, 1.807) is 7.11 Å². The Kier molecular flexibility index (Phi) is 3.33. The topological polar surface area (TPSA) is 93.9 Å². The van der Waals surface area contributed by atoms with Crippen molar-refractivity contribution in [1.29, 1.82) is 0 Å². The third-order valence-corrected chi connectivity index (χ3v) is 3.16. The number of hydrogen-bond donors (Lipinski definition) is 2. The van der Waals surface area contributed by atoms with E-state index in [4.69, 9.17) is 10.5 Å². The van der Waals surface area contributed by atoms with Gasteiger partial charge in [0, 0.05) is 0 Å². The van der Waals surface area contributed by atoms with Crippen molar-refractivity contribution in [1.82, 2.24) is 15.4 Å². The molecule has 0 saturated carbocycles. The number of H-pyrrole nitrogens is 1. The number of hydrogen-bond acceptors (Lipinski definition) is 4. The average Bonchev–Trinajstić information content (AvgIpc) is 2.80. The highest BCUT2D eigenvalue weighted by atomic mass is 79.9. The molecular formula is C11H11BrN4O2. The highest BCUT2D eigenvalue weighted by Crippen LogP contribution is 2.38. The molecule has 2 rings (SSSR count). The van der Waals surface area contributed by atoms with Crippen LogP contribution in [0.2, 0.25) is 0 Å². The Bertz CT molecular complexity index is 609. The predicted octanol–water partition coefficient (Wildman–Crippen LogP) is 1.65. The number of nitrogens with one attached hydrogen (secondary N) is 1. The molecule has 1 heterocycles. The number of methoxy groups -OCH3 is 1. The number of aromatic nitrogens is 3. The van der Waals surface area contributed by atoms with E-state index >= 15 is 0 Å². The predicted molar refractivity (Wildman–Crippen MR) is 69.3 cm³/mol. The molecule has 0 fully saturated rings. The van der Waals surface area contributed by atoms with Gasteiger partial charge in [-0.15, -0.1) is 0 Å². The molecule has 0 saturated heterocycles. The smallest absolute Gasteiger partial charge is 0.271 e. The molecule has 0 radical (unpaired) electrons. The molecule has 0 aliphatic carbocycles. The van der Waals surface area contributed by atoms with E-state index in [9.17, 15) is 4.79 Å². The molecule has 1 amide bonds. The fourth-order valence-electron chi connectivity index (χ4n) is 1.73. The summed E-state index contributed by atoms with van der Waals surface area (Å²) in [5, 5.41) is 10.1. The maximum absolute atomic E-state index is 11.3. The molecule has 1 aromatic heterocycles. The van der Waals surface area contributed by atoms with Crippen LogP contribution in [0.25, 0.3) is 11.3 Å². The highest BCUT2D eigenvalue weighted by Gasteiger charge is 2.21. The molecule has 2 aromatic rings. The minimum Gasteiger partial charge on any atom is -0.495 e. The van der Waals surface area contributed by atoms with E-state index in [0.29, 0.717) is 17.0 Å². The Morgan fingerprint density at radius 1 is 1.44 bits per heavy atom. The summed E-state index contributed by atoms with van der Waals surface area (Å²) < 4.78 is 6.10. The van der Waals surface area contributed by atoms with E-state index in [-0.39, 0.29) is 5.69 Å². The first-order valence-electron chi connectivity index (χ1n) is 5.10. The summed E-state index contributed by atoms with van der Waals surface area (Å²) in [6, 6.07) is 3.75. The van der Waals surface area contributed by atoms with Crippen molar-refractivity contribution < 1.29 is 9.53 Å². The summed E-state index contributed by atoms with van der Waals surface area (Å²) >= 11 is 3.39. The van der Waals surface area contributed by atoms with Gasteiger partial charge < -0.3 is 10.5 Å². The standard InChI is InChI=1S/C11H11BrN4O2/c1-5-3-4-6(12)10(18-2)7(5)8-9(11(13)17)15-16-14-8/h3-4H,1-2H3,(H2,13,17)(H,14,15,16). The van der Waals surface area contributed by atoms with Gasteiger partial charge in [-0.3, -0.25) is 4.79 Å². The zero-order chi connectivity index (χ0) is 13.3. The van der Waals surface area contributed by atoms with Gasteiger partial charge in [0.1, 0.15) is 11.4 Å². The maximum atomic E-state index is 11.3. The second kappa shape index (κ2) is 4.77. The minimum atomic E-state index is -0.639. The van der Waals surface area contributed by atoms with Crippen molar-refractivity contribution in [3.63, 3.8) is 0 Å². The monoisotopic (exact) mass is 310 g/mol. The number of ether oxygens (including phenoxy) is 1. The van der Waals surface area contributed by atoms with Crippen molar-refractivity contribution in [2.24, 2.45) is 5.73 Å². The van der Waals surface area contributed by atoms with Gasteiger partial charge in [0.05, 0.1) is 17.1 Å². The number of amides is 1. The fraction of sp³-hybridized carbons (Fsp3) is 0.182. The lowest BCUT2D eigenvalue weighted by molar-refractivity contribution is 0.0996. The number of nitrogens with two attached hydrogens (primary N) is 1. The first kappa shape index (κ1) is 12.6. The van der Waals surface area contributed by atoms with E-state index in [2.05, 4.69) is 31.3 Å². The number of halogens is 1. The summed E-state index contributed by atoms with van der Waals surface area (Å²) in [7, 11) is 1.55. The first-order valence-corrected chi connectivity index (χ1v) is 5.89. The number of aromatic amines is 1. The number of benzene rings is 1. The Hall–Kier alpha value is -1.89. The molecule has 94 valence electrons. The van der Waals surface area contributed by atoms with Gasteiger partial charge in [0.25, 0.3) is 5.91 Å². The van der Waals surface area contributed by atoms with Crippen LogP contribution in [0.4, 0.5) is 0 Å². The summed E-state index contributed by atoms with van der Waals surface area (Å²) in [5.74, 6) is -0.0495. The van der Waals surface area contributed by atoms with E-state index < -0.39 is 5.91 Å². The number of rotatable bonds is 3. The van der Waals surface area contributed by atoms with Crippen LogP contribution in [-0.2, 0) is 0 Å². The number of aryl methyl sites for hydroxylation is 1. The Morgan fingerprint density at radius 3 is 2.78 bits per heavy atom. The van der Waals surface area contributed by atoms with Gasteiger partial charge in [0.15, 0.2) is 5.69 Å². The van der Waals surface area contributed by atoms with E-state index in [0.717, 1.165) is 10.0 Å².